The van der Waals surface area contributed by atoms with Gasteiger partial charge in [0.2, 0.25) is 0 Å². The minimum Gasteiger partial charge on any atom is -0.378 e. The first-order valence-corrected chi connectivity index (χ1v) is 7.48. The van der Waals surface area contributed by atoms with E-state index >= 15 is 0 Å². The summed E-state index contributed by atoms with van der Waals surface area (Å²) in [5.74, 6) is 0.418. The van der Waals surface area contributed by atoms with Crippen molar-refractivity contribution in [1.82, 2.24) is 0 Å². The van der Waals surface area contributed by atoms with Crippen LogP contribution in [0.5, 0.6) is 0 Å². The Kier molecular flexibility index (Phi) is 4.50. The Balaban J connectivity index is 3.21. The molecule has 0 bridgehead atoms. The Morgan fingerprint density at radius 1 is 0.684 bits per heavy atom. The van der Waals surface area contributed by atoms with Crippen LogP contribution in [0.25, 0.3) is 0 Å². The molecule has 1 fully saturated rings. The van der Waals surface area contributed by atoms with Crippen LogP contribution in [0.3, 0.4) is 0 Å². The van der Waals surface area contributed by atoms with Crippen molar-refractivity contribution in [3.63, 3.8) is 0 Å². The van der Waals surface area contributed by atoms with Gasteiger partial charge < -0.3 is 9.47 Å². The first-order chi connectivity index (χ1) is 8.30. The average Bonchev–Trinajstić information content (AvgIpc) is 2.53. The zero-order chi connectivity index (χ0) is 15.2. The summed E-state index contributed by atoms with van der Waals surface area (Å²) in [6.07, 6.45) is 0.567. The first kappa shape index (κ1) is 17.0. The Morgan fingerprint density at radius 3 is 1.37 bits per heavy atom. The van der Waals surface area contributed by atoms with E-state index in [9.17, 15) is 0 Å². The van der Waals surface area contributed by atoms with Gasteiger partial charge in [-0.05, 0) is 16.2 Å². The molecule has 2 heteroatoms. The van der Waals surface area contributed by atoms with Gasteiger partial charge in [0.05, 0.1) is 18.3 Å². The van der Waals surface area contributed by atoms with Gasteiger partial charge in [0.15, 0.2) is 0 Å². The van der Waals surface area contributed by atoms with Crippen molar-refractivity contribution >= 4 is 0 Å². The second kappa shape index (κ2) is 5.04. The lowest BCUT2D eigenvalue weighted by Crippen LogP contribution is -2.44. The normalized spacial score (nSPS) is 33.8. The standard InChI is InChI=1S/C17H34O2/c1-15(2,3)11-12(18-10)14(17(7,8)9)19-13(11)16(4,5)6/h11-14H,1-10H3. The summed E-state index contributed by atoms with van der Waals surface area (Å²) >= 11 is 0. The molecule has 1 aliphatic heterocycles. The molecular formula is C17H34O2. The third kappa shape index (κ3) is 3.52. The lowest BCUT2D eigenvalue weighted by Gasteiger charge is -2.40. The highest BCUT2D eigenvalue weighted by Gasteiger charge is 2.56. The van der Waals surface area contributed by atoms with Crippen molar-refractivity contribution < 1.29 is 9.47 Å². The van der Waals surface area contributed by atoms with Crippen LogP contribution in [0.2, 0.25) is 0 Å². The molecule has 0 saturated carbocycles. The van der Waals surface area contributed by atoms with E-state index in [0.717, 1.165) is 0 Å². The molecule has 2 nitrogen and oxygen atoms in total. The van der Waals surface area contributed by atoms with Crippen molar-refractivity contribution in [3.8, 4) is 0 Å². The summed E-state index contributed by atoms with van der Waals surface area (Å²) in [5.41, 5.74) is 0.414. The predicted molar refractivity (Wildman–Crippen MR) is 81.3 cm³/mol. The summed E-state index contributed by atoms with van der Waals surface area (Å²) in [5, 5.41) is 0. The van der Waals surface area contributed by atoms with E-state index in [1.54, 1.807) is 0 Å². The third-order valence-electron chi connectivity index (χ3n) is 4.25. The average molecular weight is 270 g/mol. The summed E-state index contributed by atoms with van der Waals surface area (Å²) in [7, 11) is 1.83. The van der Waals surface area contributed by atoms with Crippen LogP contribution in [0, 0.1) is 22.2 Å². The van der Waals surface area contributed by atoms with E-state index in [-0.39, 0.29) is 34.6 Å². The SMILES string of the molecule is COC1C(C(C)(C)C)OC(C(C)(C)C)C1C(C)(C)C. The minimum absolute atomic E-state index is 0.101. The molecule has 1 rings (SSSR count). The van der Waals surface area contributed by atoms with Crippen molar-refractivity contribution in [2.45, 2.75) is 80.6 Å². The zero-order valence-electron chi connectivity index (χ0n) is 14.6. The minimum atomic E-state index is 0.101. The highest BCUT2D eigenvalue weighted by molar-refractivity contribution is 5.03. The van der Waals surface area contributed by atoms with Crippen molar-refractivity contribution in [2.24, 2.45) is 22.2 Å². The van der Waals surface area contributed by atoms with Gasteiger partial charge in [-0.3, -0.25) is 0 Å². The maximum atomic E-state index is 6.51. The van der Waals surface area contributed by atoms with E-state index < -0.39 is 0 Å². The van der Waals surface area contributed by atoms with E-state index in [1.165, 1.54) is 0 Å². The molecule has 4 atom stereocenters. The van der Waals surface area contributed by atoms with Gasteiger partial charge in [0.25, 0.3) is 0 Å². The molecule has 1 saturated heterocycles. The molecule has 0 spiro atoms. The highest BCUT2D eigenvalue weighted by Crippen LogP contribution is 2.50. The lowest BCUT2D eigenvalue weighted by molar-refractivity contribution is -0.0860. The van der Waals surface area contributed by atoms with E-state index in [4.69, 9.17) is 9.47 Å². The Labute approximate surface area is 120 Å². The van der Waals surface area contributed by atoms with E-state index in [1.807, 2.05) is 7.11 Å². The molecular weight excluding hydrogens is 236 g/mol. The van der Waals surface area contributed by atoms with Crippen molar-refractivity contribution in [3.05, 3.63) is 0 Å². The maximum Gasteiger partial charge on any atom is 0.0896 e. The molecule has 114 valence electrons. The number of hydrogen-bond donors (Lipinski definition) is 0. The molecule has 0 amide bonds. The Bertz CT molecular complexity index is 301. The van der Waals surface area contributed by atoms with Gasteiger partial charge in [-0.2, -0.15) is 0 Å². The summed E-state index contributed by atoms with van der Waals surface area (Å²) in [6.45, 7) is 20.5. The second-order valence-electron chi connectivity index (χ2n) is 9.30. The predicted octanol–water partition coefficient (Wildman–Crippen LogP) is 4.52. The fourth-order valence-electron chi connectivity index (χ4n) is 3.34. The number of methoxy groups -OCH3 is 1. The van der Waals surface area contributed by atoms with Crippen LogP contribution in [0.1, 0.15) is 62.3 Å². The quantitative estimate of drug-likeness (QED) is 0.697. The molecule has 0 aliphatic carbocycles. The molecule has 1 heterocycles. The van der Waals surface area contributed by atoms with Crippen LogP contribution in [0.4, 0.5) is 0 Å². The zero-order valence-corrected chi connectivity index (χ0v) is 14.6. The van der Waals surface area contributed by atoms with Crippen molar-refractivity contribution in [2.75, 3.05) is 7.11 Å². The van der Waals surface area contributed by atoms with Crippen LogP contribution >= 0.6 is 0 Å². The monoisotopic (exact) mass is 270 g/mol. The summed E-state index contributed by atoms with van der Waals surface area (Å²) in [6, 6.07) is 0. The number of hydrogen-bond acceptors (Lipinski definition) is 2. The van der Waals surface area contributed by atoms with Crippen molar-refractivity contribution in [1.29, 1.82) is 0 Å². The van der Waals surface area contributed by atoms with Gasteiger partial charge in [-0.1, -0.05) is 62.3 Å². The maximum absolute atomic E-state index is 6.51. The molecule has 0 aromatic carbocycles. The number of rotatable bonds is 1. The molecule has 0 aromatic heterocycles. The lowest BCUT2D eigenvalue weighted by atomic mass is 9.67. The first-order valence-electron chi connectivity index (χ1n) is 7.48. The van der Waals surface area contributed by atoms with Crippen LogP contribution in [-0.4, -0.2) is 25.4 Å². The van der Waals surface area contributed by atoms with Gasteiger partial charge in [-0.25, -0.2) is 0 Å². The van der Waals surface area contributed by atoms with Crippen LogP contribution in [-0.2, 0) is 9.47 Å². The second-order valence-corrected chi connectivity index (χ2v) is 9.30. The molecule has 4 unspecified atom stereocenters. The van der Waals surface area contributed by atoms with Crippen LogP contribution in [0.15, 0.2) is 0 Å². The Morgan fingerprint density at radius 2 is 1.11 bits per heavy atom. The third-order valence-corrected chi connectivity index (χ3v) is 4.25. The highest BCUT2D eigenvalue weighted by atomic mass is 16.6. The fraction of sp³-hybridized carbons (Fsp3) is 1.00. The van der Waals surface area contributed by atoms with Gasteiger partial charge in [-0.15, -0.1) is 0 Å². The fourth-order valence-corrected chi connectivity index (χ4v) is 3.34. The Hall–Kier alpha value is -0.0800. The molecule has 19 heavy (non-hydrogen) atoms. The smallest absolute Gasteiger partial charge is 0.0896 e. The topological polar surface area (TPSA) is 18.5 Å². The van der Waals surface area contributed by atoms with Gasteiger partial charge in [0.1, 0.15) is 0 Å². The largest absolute Gasteiger partial charge is 0.378 e. The van der Waals surface area contributed by atoms with Gasteiger partial charge in [0, 0.05) is 13.0 Å². The molecule has 0 N–H and O–H groups in total. The van der Waals surface area contributed by atoms with Crippen LogP contribution < -0.4 is 0 Å². The molecule has 0 radical (unpaired) electrons. The number of ether oxygens (including phenoxy) is 2. The van der Waals surface area contributed by atoms with E-state index in [2.05, 4.69) is 62.3 Å². The molecule has 0 aromatic rings. The van der Waals surface area contributed by atoms with Gasteiger partial charge >= 0.3 is 0 Å². The summed E-state index contributed by atoms with van der Waals surface area (Å²) in [4.78, 5) is 0. The molecule has 1 aliphatic rings. The van der Waals surface area contributed by atoms with E-state index in [0.29, 0.717) is 5.92 Å². The summed E-state index contributed by atoms with van der Waals surface area (Å²) < 4.78 is 12.4.